The highest BCUT2D eigenvalue weighted by molar-refractivity contribution is 5.85. The average molecular weight is 329 g/mol. The molecule has 0 saturated carbocycles. The first-order valence-electron chi connectivity index (χ1n) is 8.80. The molecule has 1 aromatic carbocycles. The summed E-state index contributed by atoms with van der Waals surface area (Å²) in [7, 11) is 0. The normalized spacial score (nSPS) is 17.6. The maximum atomic E-state index is 4.67. The van der Waals surface area contributed by atoms with E-state index in [-0.39, 0.29) is 6.04 Å². The van der Waals surface area contributed by atoms with Crippen LogP contribution >= 0.6 is 0 Å². The van der Waals surface area contributed by atoms with Crippen LogP contribution in [0.15, 0.2) is 72.6 Å². The third-order valence-electron chi connectivity index (χ3n) is 5.24. The summed E-state index contributed by atoms with van der Waals surface area (Å²) in [6.07, 6.45) is 5.01. The number of nitrogens with zero attached hydrogens (tertiary/aromatic N) is 2. The van der Waals surface area contributed by atoms with Crippen LogP contribution in [-0.2, 0) is 6.42 Å². The van der Waals surface area contributed by atoms with E-state index in [1.807, 2.05) is 12.3 Å². The van der Waals surface area contributed by atoms with Gasteiger partial charge in [0.15, 0.2) is 0 Å². The number of rotatable bonds is 3. The first-order chi connectivity index (χ1) is 12.2. The molecule has 0 unspecified atom stereocenters. The zero-order chi connectivity index (χ0) is 17.4. The van der Waals surface area contributed by atoms with E-state index in [9.17, 15) is 0 Å². The lowest BCUT2D eigenvalue weighted by atomic mass is 9.93. The molecule has 1 aliphatic heterocycles. The first kappa shape index (κ1) is 15.7. The molecule has 3 aromatic rings. The van der Waals surface area contributed by atoms with Crippen molar-refractivity contribution in [1.82, 2.24) is 14.9 Å². The van der Waals surface area contributed by atoms with Crippen molar-refractivity contribution >= 4 is 10.9 Å². The molecule has 0 amide bonds. The number of aromatic nitrogens is 2. The van der Waals surface area contributed by atoms with Gasteiger partial charge in [-0.05, 0) is 49.6 Å². The Morgan fingerprint density at radius 3 is 2.80 bits per heavy atom. The first-order valence-corrected chi connectivity index (χ1v) is 8.80. The zero-order valence-corrected chi connectivity index (χ0v) is 14.8. The quantitative estimate of drug-likeness (QED) is 0.686. The number of hydrogen-bond donors (Lipinski definition) is 1. The van der Waals surface area contributed by atoms with E-state index in [4.69, 9.17) is 0 Å². The van der Waals surface area contributed by atoms with E-state index in [2.05, 4.69) is 77.8 Å². The Labute approximate surface area is 148 Å². The lowest BCUT2D eigenvalue weighted by Crippen LogP contribution is -2.36. The molecule has 0 saturated heterocycles. The fourth-order valence-electron chi connectivity index (χ4n) is 3.77. The molecule has 0 aliphatic carbocycles. The molecular formula is C22H23N3. The van der Waals surface area contributed by atoms with Gasteiger partial charge in [0.05, 0.1) is 5.69 Å². The number of para-hydroxylation sites is 1. The van der Waals surface area contributed by atoms with Crippen molar-refractivity contribution in [3.05, 3.63) is 89.5 Å². The van der Waals surface area contributed by atoms with Crippen molar-refractivity contribution in [1.29, 1.82) is 0 Å². The maximum Gasteiger partial charge on any atom is 0.112 e. The average Bonchev–Trinajstić information content (AvgIpc) is 3.05. The Bertz CT molecular complexity index is 950. The van der Waals surface area contributed by atoms with Crippen LogP contribution in [0.25, 0.3) is 10.9 Å². The van der Waals surface area contributed by atoms with E-state index < -0.39 is 0 Å². The van der Waals surface area contributed by atoms with Gasteiger partial charge in [-0.3, -0.25) is 4.98 Å². The van der Waals surface area contributed by atoms with Crippen LogP contribution in [0.1, 0.15) is 36.8 Å². The van der Waals surface area contributed by atoms with E-state index in [1.165, 1.54) is 27.7 Å². The second-order valence-electron chi connectivity index (χ2n) is 6.58. The maximum absolute atomic E-state index is 4.67. The van der Waals surface area contributed by atoms with E-state index in [0.717, 1.165) is 24.4 Å². The van der Waals surface area contributed by atoms with Crippen molar-refractivity contribution in [2.45, 2.75) is 26.3 Å². The molecule has 3 heterocycles. The summed E-state index contributed by atoms with van der Waals surface area (Å²) in [5.74, 6) is 0. The van der Waals surface area contributed by atoms with Gasteiger partial charge < -0.3 is 9.88 Å². The molecule has 4 rings (SSSR count). The summed E-state index contributed by atoms with van der Waals surface area (Å²) in [5, 5.41) is 1.33. The number of aromatic amines is 1. The molecule has 0 bridgehead atoms. The Morgan fingerprint density at radius 1 is 1.24 bits per heavy atom. The number of pyridine rings is 1. The summed E-state index contributed by atoms with van der Waals surface area (Å²) in [5.41, 5.74) is 7.19. The van der Waals surface area contributed by atoms with Crippen LogP contribution in [0, 0.1) is 0 Å². The van der Waals surface area contributed by atoms with Crippen LogP contribution in [0.2, 0.25) is 0 Å². The standard InChI is InChI=1S/C22H23N3/c1-4-15(2)16(3)25-14-12-18-17-9-5-6-10-19(17)24-21(18)22(25)20-11-7-8-13-23-20/h4-11,13,22,24H,3,12,14H2,1-2H3/b15-4+/t22-/m1/s1. The summed E-state index contributed by atoms with van der Waals surface area (Å²) < 4.78 is 0. The Balaban J connectivity index is 1.90. The van der Waals surface area contributed by atoms with Crippen LogP contribution in [0.5, 0.6) is 0 Å². The highest BCUT2D eigenvalue weighted by Crippen LogP contribution is 2.40. The second-order valence-corrected chi connectivity index (χ2v) is 6.58. The molecule has 0 fully saturated rings. The van der Waals surface area contributed by atoms with Gasteiger partial charge in [0.1, 0.15) is 6.04 Å². The third kappa shape index (κ3) is 2.56. The number of H-pyrrole nitrogens is 1. The molecule has 0 radical (unpaired) electrons. The topological polar surface area (TPSA) is 31.9 Å². The largest absolute Gasteiger partial charge is 0.357 e. The minimum atomic E-state index is 0.0692. The minimum absolute atomic E-state index is 0.0692. The third-order valence-corrected chi connectivity index (χ3v) is 5.24. The number of hydrogen-bond acceptors (Lipinski definition) is 2. The van der Waals surface area contributed by atoms with Gasteiger partial charge >= 0.3 is 0 Å². The molecule has 1 aliphatic rings. The molecule has 0 spiro atoms. The van der Waals surface area contributed by atoms with Gasteiger partial charge in [0.25, 0.3) is 0 Å². The van der Waals surface area contributed by atoms with Gasteiger partial charge in [0, 0.05) is 35.0 Å². The number of benzene rings is 1. The molecule has 3 nitrogen and oxygen atoms in total. The van der Waals surface area contributed by atoms with Gasteiger partial charge in [-0.2, -0.15) is 0 Å². The summed E-state index contributed by atoms with van der Waals surface area (Å²) in [6.45, 7) is 9.50. The highest BCUT2D eigenvalue weighted by atomic mass is 15.2. The Morgan fingerprint density at radius 2 is 2.04 bits per heavy atom. The van der Waals surface area contributed by atoms with Gasteiger partial charge in [-0.25, -0.2) is 0 Å². The van der Waals surface area contributed by atoms with Crippen molar-refractivity contribution < 1.29 is 0 Å². The van der Waals surface area contributed by atoms with E-state index in [1.54, 1.807) is 0 Å². The molecule has 2 aromatic heterocycles. The molecule has 25 heavy (non-hydrogen) atoms. The number of fused-ring (bicyclic) bond motifs is 3. The molecule has 126 valence electrons. The van der Waals surface area contributed by atoms with Crippen LogP contribution in [0.3, 0.4) is 0 Å². The fourth-order valence-corrected chi connectivity index (χ4v) is 3.77. The number of allylic oxidation sites excluding steroid dienone is 2. The molecular weight excluding hydrogens is 306 g/mol. The lowest BCUT2D eigenvalue weighted by molar-refractivity contribution is 0.272. The summed E-state index contributed by atoms with van der Waals surface area (Å²) >= 11 is 0. The second kappa shape index (κ2) is 6.25. The molecule has 1 N–H and O–H groups in total. The summed E-state index contributed by atoms with van der Waals surface area (Å²) in [6, 6.07) is 14.8. The summed E-state index contributed by atoms with van der Waals surface area (Å²) in [4.78, 5) is 10.7. The Kier molecular flexibility index (Phi) is 3.92. The van der Waals surface area contributed by atoms with Gasteiger partial charge in [-0.1, -0.05) is 36.9 Å². The van der Waals surface area contributed by atoms with Crippen molar-refractivity contribution in [3.63, 3.8) is 0 Å². The van der Waals surface area contributed by atoms with E-state index >= 15 is 0 Å². The van der Waals surface area contributed by atoms with Gasteiger partial charge in [0.2, 0.25) is 0 Å². The van der Waals surface area contributed by atoms with Crippen LogP contribution < -0.4 is 0 Å². The van der Waals surface area contributed by atoms with Gasteiger partial charge in [-0.15, -0.1) is 0 Å². The predicted octanol–water partition coefficient (Wildman–Crippen LogP) is 4.99. The monoisotopic (exact) mass is 329 g/mol. The molecule has 1 atom stereocenters. The number of nitrogens with one attached hydrogen (secondary N) is 1. The smallest absolute Gasteiger partial charge is 0.112 e. The van der Waals surface area contributed by atoms with Crippen LogP contribution in [0.4, 0.5) is 0 Å². The van der Waals surface area contributed by atoms with Crippen molar-refractivity contribution in [3.8, 4) is 0 Å². The fraction of sp³-hybridized carbons (Fsp3) is 0.227. The van der Waals surface area contributed by atoms with E-state index in [0.29, 0.717) is 0 Å². The van der Waals surface area contributed by atoms with Crippen molar-refractivity contribution in [2.75, 3.05) is 6.54 Å². The SMILES string of the molecule is C=C(/C(C)=C/C)N1CCc2c([nH]c3ccccc23)[C@H]1c1ccccn1. The van der Waals surface area contributed by atoms with Crippen LogP contribution in [-0.4, -0.2) is 21.4 Å². The zero-order valence-electron chi connectivity index (χ0n) is 14.8. The molecule has 3 heteroatoms. The lowest BCUT2D eigenvalue weighted by Gasteiger charge is -2.38. The van der Waals surface area contributed by atoms with Crippen molar-refractivity contribution in [2.24, 2.45) is 0 Å². The highest BCUT2D eigenvalue weighted by Gasteiger charge is 2.33. The minimum Gasteiger partial charge on any atom is -0.357 e. The Hall–Kier alpha value is -2.81. The predicted molar refractivity (Wildman–Crippen MR) is 103 cm³/mol.